The molecule has 20 heavy (non-hydrogen) atoms. The molecule has 0 spiro atoms. The molecule has 110 valence electrons. The standard InChI is InChI=1S/C12H17N5OS.ClH/c1-12(2,8-13)14-11(18)10-7-17(16-15-10)6-9-4-3-5-19-9;/h3-5,7H,6,8,13H2,1-2H3,(H,14,18);1H. The van der Waals surface area contributed by atoms with Gasteiger partial charge in [0.15, 0.2) is 5.69 Å². The zero-order valence-electron chi connectivity index (χ0n) is 11.4. The van der Waals surface area contributed by atoms with Crippen LogP contribution < -0.4 is 11.1 Å². The quantitative estimate of drug-likeness (QED) is 0.870. The first kappa shape index (κ1) is 16.6. The van der Waals surface area contributed by atoms with E-state index in [1.165, 1.54) is 4.88 Å². The van der Waals surface area contributed by atoms with Gasteiger partial charge >= 0.3 is 0 Å². The van der Waals surface area contributed by atoms with Crippen LogP contribution in [0.1, 0.15) is 29.2 Å². The van der Waals surface area contributed by atoms with Crippen LogP contribution in [-0.4, -0.2) is 33.0 Å². The van der Waals surface area contributed by atoms with E-state index in [-0.39, 0.29) is 18.3 Å². The molecule has 2 aromatic rings. The van der Waals surface area contributed by atoms with E-state index in [1.54, 1.807) is 22.2 Å². The third kappa shape index (κ3) is 4.29. The average molecular weight is 316 g/mol. The normalized spacial score (nSPS) is 10.9. The zero-order chi connectivity index (χ0) is 13.9. The lowest BCUT2D eigenvalue weighted by atomic mass is 10.1. The first-order valence-electron chi connectivity index (χ1n) is 5.95. The fraction of sp³-hybridized carbons (Fsp3) is 0.417. The first-order valence-corrected chi connectivity index (χ1v) is 6.83. The van der Waals surface area contributed by atoms with E-state index in [2.05, 4.69) is 15.6 Å². The predicted molar refractivity (Wildman–Crippen MR) is 81.3 cm³/mol. The summed E-state index contributed by atoms with van der Waals surface area (Å²) >= 11 is 1.64. The highest BCUT2D eigenvalue weighted by atomic mass is 35.5. The van der Waals surface area contributed by atoms with E-state index >= 15 is 0 Å². The number of rotatable bonds is 5. The number of nitrogens with two attached hydrogens (primary N) is 1. The molecule has 0 radical (unpaired) electrons. The van der Waals surface area contributed by atoms with Crippen LogP contribution in [0.2, 0.25) is 0 Å². The molecule has 6 nitrogen and oxygen atoms in total. The molecule has 0 bridgehead atoms. The Hall–Kier alpha value is -1.44. The van der Waals surface area contributed by atoms with Crippen molar-refractivity contribution in [1.29, 1.82) is 0 Å². The van der Waals surface area contributed by atoms with Gasteiger partial charge in [0.25, 0.3) is 5.91 Å². The number of thiophene rings is 1. The van der Waals surface area contributed by atoms with Crippen molar-refractivity contribution < 1.29 is 4.79 Å². The van der Waals surface area contributed by atoms with Crippen molar-refractivity contribution in [3.63, 3.8) is 0 Å². The van der Waals surface area contributed by atoms with Crippen molar-refractivity contribution in [2.24, 2.45) is 5.73 Å². The number of nitrogens with zero attached hydrogens (tertiary/aromatic N) is 3. The lowest BCUT2D eigenvalue weighted by molar-refractivity contribution is 0.0910. The molecule has 0 fully saturated rings. The highest BCUT2D eigenvalue weighted by Crippen LogP contribution is 2.10. The summed E-state index contributed by atoms with van der Waals surface area (Å²) in [6, 6.07) is 4.00. The van der Waals surface area contributed by atoms with Gasteiger partial charge in [0.2, 0.25) is 0 Å². The Morgan fingerprint density at radius 1 is 1.55 bits per heavy atom. The third-order valence-electron chi connectivity index (χ3n) is 2.63. The molecular weight excluding hydrogens is 298 g/mol. The minimum absolute atomic E-state index is 0. The van der Waals surface area contributed by atoms with E-state index in [0.717, 1.165) is 0 Å². The topological polar surface area (TPSA) is 85.8 Å². The summed E-state index contributed by atoms with van der Waals surface area (Å²) in [6.07, 6.45) is 1.64. The number of carbonyl (C=O) groups excluding carboxylic acids is 1. The number of amides is 1. The largest absolute Gasteiger partial charge is 0.344 e. The number of aromatic nitrogens is 3. The molecule has 0 aromatic carbocycles. The highest BCUT2D eigenvalue weighted by Gasteiger charge is 2.21. The number of nitrogens with one attached hydrogen (secondary N) is 1. The summed E-state index contributed by atoms with van der Waals surface area (Å²) in [4.78, 5) is 13.1. The van der Waals surface area contributed by atoms with E-state index in [1.807, 2.05) is 31.4 Å². The van der Waals surface area contributed by atoms with Crippen molar-refractivity contribution in [3.05, 3.63) is 34.3 Å². The third-order valence-corrected chi connectivity index (χ3v) is 3.49. The van der Waals surface area contributed by atoms with E-state index < -0.39 is 5.54 Å². The molecule has 2 rings (SSSR count). The molecule has 3 N–H and O–H groups in total. The second kappa shape index (κ2) is 6.83. The zero-order valence-corrected chi connectivity index (χ0v) is 13.0. The molecule has 0 aliphatic carbocycles. The monoisotopic (exact) mass is 315 g/mol. The summed E-state index contributed by atoms with van der Waals surface area (Å²) in [5.41, 5.74) is 5.43. The Morgan fingerprint density at radius 3 is 2.90 bits per heavy atom. The maximum absolute atomic E-state index is 12.0. The molecule has 0 aliphatic rings. The van der Waals surface area contributed by atoms with Gasteiger partial charge in [-0.1, -0.05) is 11.3 Å². The Bertz CT molecular complexity index is 552. The van der Waals surface area contributed by atoms with Crippen LogP contribution in [-0.2, 0) is 6.54 Å². The number of halogens is 1. The van der Waals surface area contributed by atoms with E-state index in [0.29, 0.717) is 18.8 Å². The SMILES string of the molecule is CC(C)(CN)NC(=O)c1cn(Cc2cccs2)nn1.Cl. The Labute approximate surface area is 127 Å². The van der Waals surface area contributed by atoms with Crippen LogP contribution in [0.15, 0.2) is 23.7 Å². The lowest BCUT2D eigenvalue weighted by Gasteiger charge is -2.23. The fourth-order valence-corrected chi connectivity index (χ4v) is 2.16. The molecule has 0 unspecified atom stereocenters. The van der Waals surface area contributed by atoms with Crippen molar-refractivity contribution in [2.75, 3.05) is 6.54 Å². The van der Waals surface area contributed by atoms with Crippen LogP contribution >= 0.6 is 23.7 Å². The van der Waals surface area contributed by atoms with Gasteiger partial charge in [0, 0.05) is 17.0 Å². The maximum Gasteiger partial charge on any atom is 0.273 e. The van der Waals surface area contributed by atoms with Gasteiger partial charge in [-0.15, -0.1) is 28.8 Å². The van der Waals surface area contributed by atoms with Gasteiger partial charge < -0.3 is 11.1 Å². The van der Waals surface area contributed by atoms with Crippen LogP contribution in [0.25, 0.3) is 0 Å². The summed E-state index contributed by atoms with van der Waals surface area (Å²) in [6.45, 7) is 4.71. The van der Waals surface area contributed by atoms with Crippen molar-refractivity contribution in [1.82, 2.24) is 20.3 Å². The minimum atomic E-state index is -0.450. The highest BCUT2D eigenvalue weighted by molar-refractivity contribution is 7.09. The number of hydrogen-bond donors (Lipinski definition) is 2. The van der Waals surface area contributed by atoms with Crippen LogP contribution in [0.4, 0.5) is 0 Å². The summed E-state index contributed by atoms with van der Waals surface area (Å²) < 4.78 is 1.65. The second-order valence-electron chi connectivity index (χ2n) is 4.92. The lowest BCUT2D eigenvalue weighted by Crippen LogP contribution is -2.48. The number of hydrogen-bond acceptors (Lipinski definition) is 5. The summed E-state index contributed by atoms with van der Waals surface area (Å²) in [5, 5.41) is 12.6. The fourth-order valence-electron chi connectivity index (χ4n) is 1.46. The maximum atomic E-state index is 12.0. The second-order valence-corrected chi connectivity index (χ2v) is 5.96. The molecule has 0 aliphatic heterocycles. The molecule has 8 heteroatoms. The van der Waals surface area contributed by atoms with Gasteiger partial charge in [-0.05, 0) is 25.3 Å². The number of carbonyl (C=O) groups is 1. The Balaban J connectivity index is 0.00000200. The van der Waals surface area contributed by atoms with E-state index in [4.69, 9.17) is 5.73 Å². The van der Waals surface area contributed by atoms with E-state index in [9.17, 15) is 4.79 Å². The molecule has 1 amide bonds. The van der Waals surface area contributed by atoms with Crippen LogP contribution in [0.5, 0.6) is 0 Å². The van der Waals surface area contributed by atoms with Gasteiger partial charge in [-0.2, -0.15) is 0 Å². The molecule has 0 saturated carbocycles. The average Bonchev–Trinajstić information content (AvgIpc) is 3.00. The molecular formula is C12H18ClN5OS. The van der Waals surface area contributed by atoms with Crippen molar-refractivity contribution in [3.8, 4) is 0 Å². The van der Waals surface area contributed by atoms with Gasteiger partial charge in [0.1, 0.15) is 0 Å². The van der Waals surface area contributed by atoms with Gasteiger partial charge in [0.05, 0.1) is 12.7 Å². The van der Waals surface area contributed by atoms with Gasteiger partial charge in [-0.25, -0.2) is 4.68 Å². The Morgan fingerprint density at radius 2 is 2.30 bits per heavy atom. The molecule has 2 heterocycles. The summed E-state index contributed by atoms with van der Waals surface area (Å²) in [5.74, 6) is -0.257. The Kier molecular flexibility index (Phi) is 5.67. The van der Waals surface area contributed by atoms with Gasteiger partial charge in [-0.3, -0.25) is 4.79 Å². The van der Waals surface area contributed by atoms with Crippen molar-refractivity contribution >= 4 is 29.7 Å². The summed E-state index contributed by atoms with van der Waals surface area (Å²) in [7, 11) is 0. The molecule has 0 atom stereocenters. The first-order chi connectivity index (χ1) is 9.00. The molecule has 2 aromatic heterocycles. The minimum Gasteiger partial charge on any atom is -0.344 e. The van der Waals surface area contributed by atoms with Crippen LogP contribution in [0, 0.1) is 0 Å². The van der Waals surface area contributed by atoms with Crippen molar-refractivity contribution in [2.45, 2.75) is 25.9 Å². The predicted octanol–water partition coefficient (Wildman–Crippen LogP) is 1.28. The van der Waals surface area contributed by atoms with Crippen LogP contribution in [0.3, 0.4) is 0 Å². The molecule has 0 saturated heterocycles. The smallest absolute Gasteiger partial charge is 0.273 e.